The van der Waals surface area contributed by atoms with Gasteiger partial charge in [0.2, 0.25) is 0 Å². The van der Waals surface area contributed by atoms with Gasteiger partial charge in [-0.15, -0.1) is 0 Å². The largest absolute Gasteiger partial charge is 0.456 e. The lowest BCUT2D eigenvalue weighted by atomic mass is 10.2. The molecule has 0 amide bonds. The second-order valence-corrected chi connectivity index (χ2v) is 4.58. The van der Waals surface area contributed by atoms with Crippen LogP contribution in [0.1, 0.15) is 11.1 Å². The molecule has 0 unspecified atom stereocenters. The molecule has 0 spiro atoms. The molecule has 2 aromatic heterocycles. The third-order valence-corrected chi connectivity index (χ3v) is 3.00. The summed E-state index contributed by atoms with van der Waals surface area (Å²) >= 11 is 0. The van der Waals surface area contributed by atoms with Crippen LogP contribution in [0.3, 0.4) is 0 Å². The first kappa shape index (κ1) is 13.1. The van der Waals surface area contributed by atoms with E-state index in [-0.39, 0.29) is 17.7 Å². The predicted molar refractivity (Wildman–Crippen MR) is 76.0 cm³/mol. The highest BCUT2D eigenvalue weighted by molar-refractivity contribution is 5.69. The summed E-state index contributed by atoms with van der Waals surface area (Å²) in [5, 5.41) is 0. The fraction of sp³-hybridized carbons (Fsp3) is 0.133. The van der Waals surface area contributed by atoms with Crippen LogP contribution < -0.4 is 16.2 Å². The van der Waals surface area contributed by atoms with Gasteiger partial charge in [0.15, 0.2) is 11.1 Å². The van der Waals surface area contributed by atoms with Crippen molar-refractivity contribution in [3.63, 3.8) is 0 Å². The third-order valence-electron chi connectivity index (χ3n) is 3.00. The van der Waals surface area contributed by atoms with Crippen molar-refractivity contribution in [1.29, 1.82) is 0 Å². The average molecular weight is 284 g/mol. The molecular formula is C15H12N2O4. The first-order valence-corrected chi connectivity index (χ1v) is 6.35. The first-order valence-electron chi connectivity index (χ1n) is 6.35. The number of fused-ring (bicyclic) bond motifs is 1. The van der Waals surface area contributed by atoms with Crippen molar-refractivity contribution in [3.05, 3.63) is 74.6 Å². The molecule has 0 N–H and O–H groups in total. The van der Waals surface area contributed by atoms with Crippen molar-refractivity contribution >= 4 is 11.1 Å². The SMILES string of the molecule is Cc1ccc(COn2c(=O)oc3cccnc3c2=O)cc1. The van der Waals surface area contributed by atoms with Gasteiger partial charge in [0.25, 0.3) is 0 Å². The van der Waals surface area contributed by atoms with Crippen molar-refractivity contribution in [2.24, 2.45) is 0 Å². The fourth-order valence-electron chi connectivity index (χ4n) is 1.88. The van der Waals surface area contributed by atoms with Gasteiger partial charge < -0.3 is 9.25 Å². The van der Waals surface area contributed by atoms with E-state index in [9.17, 15) is 9.59 Å². The van der Waals surface area contributed by atoms with Crippen LogP contribution in [-0.2, 0) is 6.61 Å². The zero-order chi connectivity index (χ0) is 14.8. The molecule has 0 radical (unpaired) electrons. The Hall–Kier alpha value is -2.89. The van der Waals surface area contributed by atoms with E-state index < -0.39 is 11.3 Å². The topological polar surface area (TPSA) is 74.3 Å². The number of nitrogens with zero attached hydrogens (tertiary/aromatic N) is 2. The summed E-state index contributed by atoms with van der Waals surface area (Å²) in [5.41, 5.74) is 1.52. The monoisotopic (exact) mass is 284 g/mol. The molecule has 0 aliphatic heterocycles. The number of hydrogen-bond donors (Lipinski definition) is 0. The van der Waals surface area contributed by atoms with Crippen LogP contribution in [-0.4, -0.2) is 9.71 Å². The van der Waals surface area contributed by atoms with Gasteiger partial charge in [0, 0.05) is 6.20 Å². The Labute approximate surface area is 119 Å². The highest BCUT2D eigenvalue weighted by Gasteiger charge is 2.11. The quantitative estimate of drug-likeness (QED) is 0.724. The second-order valence-electron chi connectivity index (χ2n) is 4.58. The Balaban J connectivity index is 1.95. The Morgan fingerprint density at radius 1 is 1.19 bits per heavy atom. The molecule has 106 valence electrons. The van der Waals surface area contributed by atoms with Gasteiger partial charge in [-0.3, -0.25) is 4.79 Å². The zero-order valence-electron chi connectivity index (χ0n) is 11.3. The van der Waals surface area contributed by atoms with Crippen molar-refractivity contribution in [3.8, 4) is 0 Å². The van der Waals surface area contributed by atoms with Crippen LogP contribution in [0.4, 0.5) is 0 Å². The lowest BCUT2D eigenvalue weighted by Gasteiger charge is -2.07. The van der Waals surface area contributed by atoms with E-state index >= 15 is 0 Å². The average Bonchev–Trinajstić information content (AvgIpc) is 2.49. The van der Waals surface area contributed by atoms with E-state index in [1.165, 1.54) is 12.3 Å². The molecule has 0 atom stereocenters. The molecule has 0 saturated carbocycles. The molecule has 0 saturated heterocycles. The van der Waals surface area contributed by atoms with Crippen LogP contribution in [0.25, 0.3) is 11.1 Å². The van der Waals surface area contributed by atoms with Crippen molar-refractivity contribution in [2.75, 3.05) is 0 Å². The van der Waals surface area contributed by atoms with Gasteiger partial charge in [0.1, 0.15) is 6.61 Å². The molecule has 0 aliphatic carbocycles. The highest BCUT2D eigenvalue weighted by atomic mass is 16.7. The van der Waals surface area contributed by atoms with E-state index in [4.69, 9.17) is 9.25 Å². The minimum absolute atomic E-state index is 0.0565. The van der Waals surface area contributed by atoms with Crippen LogP contribution in [0, 0.1) is 6.92 Å². The van der Waals surface area contributed by atoms with Crippen LogP contribution in [0.5, 0.6) is 0 Å². The summed E-state index contributed by atoms with van der Waals surface area (Å²) < 4.78 is 5.59. The first-order chi connectivity index (χ1) is 10.1. The molecular weight excluding hydrogens is 272 g/mol. The standard InChI is InChI=1S/C15H12N2O4/c1-10-4-6-11(7-5-10)9-20-17-14(18)13-12(21-15(17)19)3-2-8-16-13/h2-8H,9H2,1H3. The summed E-state index contributed by atoms with van der Waals surface area (Å²) in [4.78, 5) is 33.1. The minimum atomic E-state index is -0.868. The Bertz CT molecular complexity index is 894. The number of pyridine rings is 1. The molecule has 0 fully saturated rings. The molecule has 1 aromatic carbocycles. The second kappa shape index (κ2) is 5.24. The Morgan fingerprint density at radius 2 is 1.95 bits per heavy atom. The summed E-state index contributed by atoms with van der Waals surface area (Å²) in [5.74, 6) is -0.868. The molecule has 6 heteroatoms. The minimum Gasteiger partial charge on any atom is -0.405 e. The summed E-state index contributed by atoms with van der Waals surface area (Å²) in [6.45, 7) is 2.06. The van der Waals surface area contributed by atoms with Crippen molar-refractivity contribution < 1.29 is 9.25 Å². The fourth-order valence-corrected chi connectivity index (χ4v) is 1.88. The molecule has 21 heavy (non-hydrogen) atoms. The summed E-state index contributed by atoms with van der Waals surface area (Å²) in [7, 11) is 0. The van der Waals surface area contributed by atoms with Gasteiger partial charge in [-0.2, -0.15) is 0 Å². The number of benzene rings is 1. The number of aryl methyl sites for hydroxylation is 1. The van der Waals surface area contributed by atoms with Gasteiger partial charge in [-0.25, -0.2) is 9.78 Å². The van der Waals surface area contributed by atoms with E-state index in [0.29, 0.717) is 4.73 Å². The molecule has 3 aromatic rings. The summed E-state index contributed by atoms with van der Waals surface area (Å²) in [6.07, 6.45) is 1.45. The maximum Gasteiger partial charge on any atom is 0.456 e. The number of hydrogen-bond acceptors (Lipinski definition) is 5. The molecule has 0 aliphatic rings. The Kier molecular flexibility index (Phi) is 3.27. The third kappa shape index (κ3) is 2.55. The van der Waals surface area contributed by atoms with Gasteiger partial charge >= 0.3 is 11.3 Å². The predicted octanol–water partition coefficient (Wildman–Crippen LogP) is 1.29. The lowest BCUT2D eigenvalue weighted by Crippen LogP contribution is -2.37. The van der Waals surface area contributed by atoms with E-state index in [1.807, 2.05) is 31.2 Å². The number of rotatable bonds is 3. The summed E-state index contributed by atoms with van der Waals surface area (Å²) in [6, 6.07) is 10.7. The maximum atomic E-state index is 12.1. The Morgan fingerprint density at radius 3 is 2.71 bits per heavy atom. The van der Waals surface area contributed by atoms with Crippen LogP contribution in [0.2, 0.25) is 0 Å². The van der Waals surface area contributed by atoms with Crippen LogP contribution >= 0.6 is 0 Å². The molecule has 2 heterocycles. The zero-order valence-corrected chi connectivity index (χ0v) is 11.3. The maximum absolute atomic E-state index is 12.1. The van der Waals surface area contributed by atoms with Crippen molar-refractivity contribution in [2.45, 2.75) is 13.5 Å². The van der Waals surface area contributed by atoms with Gasteiger partial charge in [0.05, 0.1) is 0 Å². The van der Waals surface area contributed by atoms with E-state index in [1.54, 1.807) is 6.07 Å². The number of aromatic nitrogens is 2. The lowest BCUT2D eigenvalue weighted by molar-refractivity contribution is 0.0666. The molecule has 3 rings (SSSR count). The molecule has 0 bridgehead atoms. The van der Waals surface area contributed by atoms with E-state index in [2.05, 4.69) is 4.98 Å². The van der Waals surface area contributed by atoms with Gasteiger partial charge in [-0.1, -0.05) is 34.6 Å². The van der Waals surface area contributed by atoms with Crippen LogP contribution in [0.15, 0.2) is 56.6 Å². The van der Waals surface area contributed by atoms with Gasteiger partial charge in [-0.05, 0) is 24.6 Å². The smallest absolute Gasteiger partial charge is 0.405 e. The van der Waals surface area contributed by atoms with Crippen molar-refractivity contribution in [1.82, 2.24) is 9.71 Å². The highest BCUT2D eigenvalue weighted by Crippen LogP contribution is 2.04. The molecule has 6 nitrogen and oxygen atoms in total. The van der Waals surface area contributed by atoms with E-state index in [0.717, 1.165) is 11.1 Å². The normalized spacial score (nSPS) is 10.7.